The zero-order valence-corrected chi connectivity index (χ0v) is 17.3. The highest BCUT2D eigenvalue weighted by Gasteiger charge is 2.30. The topological polar surface area (TPSA) is 69.6 Å². The highest BCUT2D eigenvalue weighted by Crippen LogP contribution is 2.29. The Morgan fingerprint density at radius 3 is 2.48 bits per heavy atom. The van der Waals surface area contributed by atoms with Crippen molar-refractivity contribution in [2.24, 2.45) is 4.99 Å². The molecule has 0 bridgehead atoms. The summed E-state index contributed by atoms with van der Waals surface area (Å²) in [4.78, 5) is 22.9. The molecule has 0 aliphatic carbocycles. The van der Waals surface area contributed by atoms with Crippen molar-refractivity contribution < 1.29 is 18.0 Å². The number of guanidine groups is 1. The molecular weight excluding hydrogens is 403 g/mol. The third-order valence-corrected chi connectivity index (χ3v) is 4.72. The molecule has 158 valence electrons. The number of carbonyl (C=O) groups excluding carboxylic acids is 1. The molecule has 0 radical (unpaired) electrons. The van der Waals surface area contributed by atoms with E-state index in [4.69, 9.17) is 0 Å². The van der Waals surface area contributed by atoms with Crippen molar-refractivity contribution in [1.82, 2.24) is 20.5 Å². The minimum Gasteiger partial charge on any atom is -0.357 e. The van der Waals surface area contributed by atoms with Crippen molar-refractivity contribution in [1.29, 1.82) is 0 Å². The number of rotatable bonds is 7. The van der Waals surface area contributed by atoms with Gasteiger partial charge in [-0.3, -0.25) is 9.79 Å². The quantitative estimate of drug-likeness (QED) is 0.404. The Bertz CT molecular complexity index is 833. The lowest BCUT2D eigenvalue weighted by molar-refractivity contribution is -0.137. The summed E-state index contributed by atoms with van der Waals surface area (Å²) in [5, 5.41) is 8.85. The fourth-order valence-corrected chi connectivity index (χ4v) is 3.12. The van der Waals surface area contributed by atoms with Crippen molar-refractivity contribution in [3.05, 3.63) is 51.5 Å². The van der Waals surface area contributed by atoms with Crippen molar-refractivity contribution in [3.8, 4) is 0 Å². The molecule has 1 aromatic carbocycles. The standard InChI is InChI=1S/C19H24F3N5OS/c1-4-23-18(27(3)11-16-12-29-13(2)26-16)25-10-9-24-17(28)14-5-7-15(8-6-14)19(20,21)22/h5-8,12H,4,9-11H2,1-3H3,(H,23,25)(H,24,28). The van der Waals surface area contributed by atoms with Crippen LogP contribution in [0.1, 0.15) is 33.5 Å². The molecule has 2 N–H and O–H groups in total. The third kappa shape index (κ3) is 7.04. The van der Waals surface area contributed by atoms with E-state index in [1.807, 2.05) is 31.2 Å². The first-order chi connectivity index (χ1) is 13.7. The van der Waals surface area contributed by atoms with Crippen LogP contribution in [0, 0.1) is 6.92 Å². The Morgan fingerprint density at radius 2 is 1.93 bits per heavy atom. The van der Waals surface area contributed by atoms with Crippen LogP contribution in [-0.4, -0.2) is 48.4 Å². The van der Waals surface area contributed by atoms with E-state index in [2.05, 4.69) is 20.6 Å². The first-order valence-electron chi connectivity index (χ1n) is 9.06. The van der Waals surface area contributed by atoms with E-state index in [0.717, 1.165) is 35.0 Å². The zero-order chi connectivity index (χ0) is 21.4. The Hall–Kier alpha value is -2.62. The summed E-state index contributed by atoms with van der Waals surface area (Å²) in [6.45, 7) is 5.80. The number of aliphatic imine (C=N–C) groups is 1. The van der Waals surface area contributed by atoms with Gasteiger partial charge in [-0.15, -0.1) is 11.3 Å². The smallest absolute Gasteiger partial charge is 0.357 e. The molecule has 2 aromatic rings. The summed E-state index contributed by atoms with van der Waals surface area (Å²) < 4.78 is 37.7. The van der Waals surface area contributed by atoms with Gasteiger partial charge in [-0.1, -0.05) is 0 Å². The number of thiazole rings is 1. The third-order valence-electron chi connectivity index (χ3n) is 3.90. The number of carbonyl (C=O) groups is 1. The number of hydrogen-bond donors (Lipinski definition) is 2. The van der Waals surface area contributed by atoms with Crippen LogP contribution >= 0.6 is 11.3 Å². The number of aryl methyl sites for hydroxylation is 1. The molecule has 1 amide bonds. The molecule has 0 aliphatic heterocycles. The van der Waals surface area contributed by atoms with Crippen LogP contribution in [0.25, 0.3) is 0 Å². The van der Waals surface area contributed by atoms with Gasteiger partial charge >= 0.3 is 6.18 Å². The molecule has 6 nitrogen and oxygen atoms in total. The minimum atomic E-state index is -4.42. The molecule has 10 heteroatoms. The first-order valence-corrected chi connectivity index (χ1v) is 9.94. The van der Waals surface area contributed by atoms with Crippen LogP contribution in [0.2, 0.25) is 0 Å². The van der Waals surface area contributed by atoms with Gasteiger partial charge in [0.15, 0.2) is 5.96 Å². The van der Waals surface area contributed by atoms with Gasteiger partial charge in [0.2, 0.25) is 0 Å². The summed E-state index contributed by atoms with van der Waals surface area (Å²) >= 11 is 1.59. The molecule has 1 aromatic heterocycles. The van der Waals surface area contributed by atoms with Crippen LogP contribution in [0.3, 0.4) is 0 Å². The SMILES string of the molecule is CCNC(=NCCNC(=O)c1ccc(C(F)(F)F)cc1)N(C)Cc1csc(C)n1. The maximum Gasteiger partial charge on any atom is 0.416 e. The van der Waals surface area contributed by atoms with E-state index < -0.39 is 17.6 Å². The van der Waals surface area contributed by atoms with E-state index in [0.29, 0.717) is 25.6 Å². The number of amides is 1. The Kier molecular flexibility index (Phi) is 8.00. The molecule has 0 atom stereocenters. The molecule has 1 heterocycles. The van der Waals surface area contributed by atoms with Crippen LogP contribution < -0.4 is 10.6 Å². The predicted octanol–water partition coefficient (Wildman–Crippen LogP) is 3.30. The van der Waals surface area contributed by atoms with E-state index >= 15 is 0 Å². The summed E-state index contributed by atoms with van der Waals surface area (Å²) in [5.41, 5.74) is 0.341. The molecule has 0 saturated heterocycles. The summed E-state index contributed by atoms with van der Waals surface area (Å²) in [7, 11) is 1.90. The van der Waals surface area contributed by atoms with Gasteiger partial charge in [0, 0.05) is 31.1 Å². The van der Waals surface area contributed by atoms with Crippen molar-refractivity contribution in [3.63, 3.8) is 0 Å². The molecule has 0 aliphatic rings. The summed E-state index contributed by atoms with van der Waals surface area (Å²) in [6.07, 6.45) is -4.42. The molecule has 0 unspecified atom stereocenters. The number of hydrogen-bond acceptors (Lipinski definition) is 4. The largest absolute Gasteiger partial charge is 0.416 e. The lowest BCUT2D eigenvalue weighted by Gasteiger charge is -2.21. The molecule has 29 heavy (non-hydrogen) atoms. The summed E-state index contributed by atoms with van der Waals surface area (Å²) in [5.74, 6) is 0.243. The lowest BCUT2D eigenvalue weighted by Crippen LogP contribution is -2.39. The number of nitrogens with one attached hydrogen (secondary N) is 2. The van der Waals surface area contributed by atoms with Crippen LogP contribution in [0.4, 0.5) is 13.2 Å². The number of alkyl halides is 3. The summed E-state index contributed by atoms with van der Waals surface area (Å²) in [6, 6.07) is 4.11. The van der Waals surface area contributed by atoms with Crippen molar-refractivity contribution in [2.45, 2.75) is 26.6 Å². The molecule has 0 spiro atoms. The van der Waals surface area contributed by atoms with Gasteiger partial charge in [-0.25, -0.2) is 4.98 Å². The Labute approximate surface area is 171 Å². The van der Waals surface area contributed by atoms with Gasteiger partial charge in [0.1, 0.15) is 0 Å². The van der Waals surface area contributed by atoms with Crippen molar-refractivity contribution in [2.75, 3.05) is 26.7 Å². The maximum atomic E-state index is 12.6. The van der Waals surface area contributed by atoms with Gasteiger partial charge in [-0.05, 0) is 38.1 Å². The fourth-order valence-electron chi connectivity index (χ4n) is 2.51. The number of benzene rings is 1. The van der Waals surface area contributed by atoms with Gasteiger partial charge < -0.3 is 15.5 Å². The average molecular weight is 427 g/mol. The van der Waals surface area contributed by atoms with E-state index in [-0.39, 0.29) is 12.1 Å². The van der Waals surface area contributed by atoms with Gasteiger partial charge in [0.05, 0.1) is 29.4 Å². The Balaban J connectivity index is 1.87. The molecular formula is C19H24F3N5OS. The van der Waals surface area contributed by atoms with Gasteiger partial charge in [-0.2, -0.15) is 13.2 Å². The number of aromatic nitrogens is 1. The van der Waals surface area contributed by atoms with Gasteiger partial charge in [0.25, 0.3) is 5.91 Å². The van der Waals surface area contributed by atoms with Crippen LogP contribution in [-0.2, 0) is 12.7 Å². The zero-order valence-electron chi connectivity index (χ0n) is 16.5. The van der Waals surface area contributed by atoms with E-state index in [9.17, 15) is 18.0 Å². The highest BCUT2D eigenvalue weighted by atomic mass is 32.1. The second-order valence-electron chi connectivity index (χ2n) is 6.28. The molecule has 2 rings (SSSR count). The highest BCUT2D eigenvalue weighted by molar-refractivity contribution is 7.09. The van der Waals surface area contributed by atoms with Crippen molar-refractivity contribution >= 4 is 23.2 Å². The Morgan fingerprint density at radius 1 is 1.24 bits per heavy atom. The fraction of sp³-hybridized carbons (Fsp3) is 0.421. The average Bonchev–Trinajstić information content (AvgIpc) is 3.08. The van der Waals surface area contributed by atoms with Crippen LogP contribution in [0.15, 0.2) is 34.6 Å². The number of halogens is 3. The number of nitrogens with zero attached hydrogens (tertiary/aromatic N) is 3. The second-order valence-corrected chi connectivity index (χ2v) is 7.34. The predicted molar refractivity (Wildman–Crippen MR) is 108 cm³/mol. The lowest BCUT2D eigenvalue weighted by atomic mass is 10.1. The van der Waals surface area contributed by atoms with Crippen LogP contribution in [0.5, 0.6) is 0 Å². The monoisotopic (exact) mass is 427 g/mol. The van der Waals surface area contributed by atoms with E-state index in [1.165, 1.54) is 0 Å². The maximum absolute atomic E-state index is 12.6. The van der Waals surface area contributed by atoms with E-state index in [1.54, 1.807) is 11.3 Å². The molecule has 0 fully saturated rings. The normalized spacial score (nSPS) is 12.0. The first kappa shape index (κ1) is 22.7. The molecule has 0 saturated carbocycles. The second kappa shape index (κ2) is 10.2. The minimum absolute atomic E-state index is 0.171.